The summed E-state index contributed by atoms with van der Waals surface area (Å²) in [5, 5.41) is 1.22. The first-order valence-corrected chi connectivity index (χ1v) is 7.90. The van der Waals surface area contributed by atoms with E-state index in [1.807, 2.05) is 36.4 Å². The predicted octanol–water partition coefficient (Wildman–Crippen LogP) is 4.74. The monoisotopic (exact) mass is 320 g/mol. The summed E-state index contributed by atoms with van der Waals surface area (Å²) in [7, 11) is 0. The average molecular weight is 321 g/mol. The Labute approximate surface area is 135 Å². The van der Waals surface area contributed by atoms with Gasteiger partial charge in [0.25, 0.3) is 0 Å². The maximum Gasteiger partial charge on any atom is 0.0595 e. The first kappa shape index (κ1) is 14.7. The van der Waals surface area contributed by atoms with Gasteiger partial charge in [-0.25, -0.2) is 0 Å². The van der Waals surface area contributed by atoms with Gasteiger partial charge < -0.3 is 5.73 Å². The van der Waals surface area contributed by atoms with Crippen LogP contribution in [0.3, 0.4) is 0 Å². The number of hydrogen-bond acceptors (Lipinski definition) is 2. The number of nitrogens with zero attached hydrogens (tertiary/aromatic N) is 1. The standard InChI is InChI=1S/C17H18Cl2N2/c18-15-8-5-12(9-16(15)19)10-21(14-6-7-14)11-13-3-1-2-4-17(13)20/h1-5,8-9,14H,6-7,10-11,20H2. The quantitative estimate of drug-likeness (QED) is 0.806. The summed E-state index contributed by atoms with van der Waals surface area (Å²) in [5.74, 6) is 0. The van der Waals surface area contributed by atoms with Gasteiger partial charge in [0.05, 0.1) is 10.0 Å². The molecule has 21 heavy (non-hydrogen) atoms. The summed E-state index contributed by atoms with van der Waals surface area (Å²) in [4.78, 5) is 2.46. The number of para-hydroxylation sites is 1. The van der Waals surface area contributed by atoms with E-state index in [-0.39, 0.29) is 0 Å². The highest BCUT2D eigenvalue weighted by atomic mass is 35.5. The Morgan fingerprint density at radius 3 is 2.43 bits per heavy atom. The zero-order chi connectivity index (χ0) is 14.8. The fourth-order valence-corrected chi connectivity index (χ4v) is 2.84. The molecule has 0 aliphatic heterocycles. The number of rotatable bonds is 5. The van der Waals surface area contributed by atoms with Gasteiger partial charge in [-0.2, -0.15) is 0 Å². The van der Waals surface area contributed by atoms with Crippen molar-refractivity contribution < 1.29 is 0 Å². The molecule has 4 heteroatoms. The Bertz CT molecular complexity index is 638. The fourth-order valence-electron chi connectivity index (χ4n) is 2.52. The van der Waals surface area contributed by atoms with Crippen LogP contribution in [0.5, 0.6) is 0 Å². The van der Waals surface area contributed by atoms with E-state index >= 15 is 0 Å². The van der Waals surface area contributed by atoms with Crippen molar-refractivity contribution in [3.8, 4) is 0 Å². The lowest BCUT2D eigenvalue weighted by Crippen LogP contribution is -2.25. The van der Waals surface area contributed by atoms with Crippen molar-refractivity contribution in [2.75, 3.05) is 5.73 Å². The molecule has 0 aromatic heterocycles. The number of halogens is 2. The van der Waals surface area contributed by atoms with Crippen LogP contribution >= 0.6 is 23.2 Å². The third kappa shape index (κ3) is 3.70. The van der Waals surface area contributed by atoms with Gasteiger partial charge in [0.15, 0.2) is 0 Å². The smallest absolute Gasteiger partial charge is 0.0595 e. The molecule has 0 amide bonds. The maximum atomic E-state index is 6.11. The van der Waals surface area contributed by atoms with Crippen LogP contribution in [0.1, 0.15) is 24.0 Å². The molecule has 110 valence electrons. The number of anilines is 1. The van der Waals surface area contributed by atoms with E-state index in [1.165, 1.54) is 24.0 Å². The highest BCUT2D eigenvalue weighted by molar-refractivity contribution is 6.42. The minimum absolute atomic E-state index is 0.602. The lowest BCUT2D eigenvalue weighted by molar-refractivity contribution is 0.246. The fraction of sp³-hybridized carbons (Fsp3) is 0.294. The second kappa shape index (κ2) is 6.27. The van der Waals surface area contributed by atoms with Crippen LogP contribution < -0.4 is 5.73 Å². The number of hydrogen-bond donors (Lipinski definition) is 1. The van der Waals surface area contributed by atoms with Gasteiger partial charge in [0, 0.05) is 24.8 Å². The minimum Gasteiger partial charge on any atom is -0.398 e. The van der Waals surface area contributed by atoms with E-state index in [9.17, 15) is 0 Å². The summed E-state index contributed by atoms with van der Waals surface area (Å²) in [6.07, 6.45) is 2.52. The lowest BCUT2D eigenvalue weighted by Gasteiger charge is -2.23. The van der Waals surface area contributed by atoms with Crippen LogP contribution in [-0.4, -0.2) is 10.9 Å². The Hall–Kier alpha value is -1.22. The van der Waals surface area contributed by atoms with Crippen molar-refractivity contribution in [3.63, 3.8) is 0 Å². The zero-order valence-electron chi connectivity index (χ0n) is 11.7. The topological polar surface area (TPSA) is 29.3 Å². The summed E-state index contributed by atoms with van der Waals surface area (Å²) in [5.41, 5.74) is 9.29. The van der Waals surface area contributed by atoms with Crippen LogP contribution in [0.2, 0.25) is 10.0 Å². The van der Waals surface area contributed by atoms with Gasteiger partial charge in [-0.3, -0.25) is 4.90 Å². The van der Waals surface area contributed by atoms with Gasteiger partial charge >= 0.3 is 0 Å². The second-order valence-electron chi connectivity index (χ2n) is 5.58. The zero-order valence-corrected chi connectivity index (χ0v) is 13.2. The first-order valence-electron chi connectivity index (χ1n) is 7.15. The van der Waals surface area contributed by atoms with Crippen LogP contribution in [0.4, 0.5) is 5.69 Å². The van der Waals surface area contributed by atoms with Crippen molar-refractivity contribution in [1.29, 1.82) is 0 Å². The summed E-state index contributed by atoms with van der Waals surface area (Å²) >= 11 is 12.1. The molecule has 1 aliphatic rings. The third-order valence-electron chi connectivity index (χ3n) is 3.86. The SMILES string of the molecule is Nc1ccccc1CN(Cc1ccc(Cl)c(Cl)c1)C1CC1. The molecule has 0 bridgehead atoms. The number of nitrogen functional groups attached to an aromatic ring is 1. The van der Waals surface area contributed by atoms with Crippen LogP contribution in [0, 0.1) is 0 Å². The lowest BCUT2D eigenvalue weighted by atomic mass is 10.1. The van der Waals surface area contributed by atoms with Crippen molar-refractivity contribution in [1.82, 2.24) is 4.90 Å². The molecule has 2 nitrogen and oxygen atoms in total. The summed E-state index contributed by atoms with van der Waals surface area (Å²) < 4.78 is 0. The molecule has 0 saturated heterocycles. The molecular formula is C17H18Cl2N2. The molecule has 0 heterocycles. The molecule has 1 fully saturated rings. The van der Waals surface area contributed by atoms with Gasteiger partial charge in [-0.1, -0.05) is 47.5 Å². The second-order valence-corrected chi connectivity index (χ2v) is 6.40. The molecule has 2 aromatic carbocycles. The van der Waals surface area contributed by atoms with Crippen molar-refractivity contribution >= 4 is 28.9 Å². The molecular weight excluding hydrogens is 303 g/mol. The van der Waals surface area contributed by atoms with Crippen LogP contribution in [0.15, 0.2) is 42.5 Å². The number of nitrogens with two attached hydrogens (primary N) is 1. The molecule has 1 aliphatic carbocycles. The molecule has 0 spiro atoms. The summed E-state index contributed by atoms with van der Waals surface area (Å²) in [6, 6.07) is 14.6. The maximum absolute atomic E-state index is 6.11. The van der Waals surface area contributed by atoms with Gasteiger partial charge in [0.2, 0.25) is 0 Å². The third-order valence-corrected chi connectivity index (χ3v) is 4.60. The van der Waals surface area contributed by atoms with Crippen molar-refractivity contribution in [3.05, 3.63) is 63.6 Å². The Morgan fingerprint density at radius 2 is 1.76 bits per heavy atom. The predicted molar refractivity (Wildman–Crippen MR) is 89.6 cm³/mol. The van der Waals surface area contributed by atoms with Gasteiger partial charge in [0.1, 0.15) is 0 Å². The van der Waals surface area contributed by atoms with Gasteiger partial charge in [-0.15, -0.1) is 0 Å². The van der Waals surface area contributed by atoms with Crippen LogP contribution in [-0.2, 0) is 13.1 Å². The molecule has 0 atom stereocenters. The highest BCUT2D eigenvalue weighted by Crippen LogP contribution is 2.31. The van der Waals surface area contributed by atoms with Crippen LogP contribution in [0.25, 0.3) is 0 Å². The molecule has 3 rings (SSSR count). The van der Waals surface area contributed by atoms with Gasteiger partial charge in [-0.05, 0) is 42.2 Å². The van der Waals surface area contributed by atoms with E-state index in [1.54, 1.807) is 0 Å². The van der Waals surface area contributed by atoms with Crippen molar-refractivity contribution in [2.45, 2.75) is 32.0 Å². The van der Waals surface area contributed by atoms with E-state index in [2.05, 4.69) is 11.0 Å². The number of benzene rings is 2. The van der Waals surface area contributed by atoms with E-state index < -0.39 is 0 Å². The van der Waals surface area contributed by atoms with E-state index in [0.717, 1.165) is 18.8 Å². The molecule has 0 unspecified atom stereocenters. The normalized spacial score (nSPS) is 14.6. The van der Waals surface area contributed by atoms with E-state index in [4.69, 9.17) is 28.9 Å². The Morgan fingerprint density at radius 1 is 1.00 bits per heavy atom. The Kier molecular flexibility index (Phi) is 4.39. The largest absolute Gasteiger partial charge is 0.398 e. The first-order chi connectivity index (χ1) is 10.1. The van der Waals surface area contributed by atoms with Crippen molar-refractivity contribution in [2.24, 2.45) is 0 Å². The highest BCUT2D eigenvalue weighted by Gasteiger charge is 2.29. The van der Waals surface area contributed by atoms with E-state index in [0.29, 0.717) is 16.1 Å². The molecule has 0 radical (unpaired) electrons. The molecule has 2 N–H and O–H groups in total. The molecule has 1 saturated carbocycles. The Balaban J connectivity index is 1.76. The average Bonchev–Trinajstić information content (AvgIpc) is 3.29. The molecule has 2 aromatic rings. The minimum atomic E-state index is 0.602. The summed E-state index contributed by atoms with van der Waals surface area (Å²) in [6.45, 7) is 1.74.